The van der Waals surface area contributed by atoms with Crippen LogP contribution in [-0.2, 0) is 4.79 Å². The molecule has 2 aromatic carbocycles. The minimum atomic E-state index is -0.735. The standard InChI is InChI=1S/C30H39N5O2/c1-31-25-13-17-34(21-25)26-8-4-22(5-9-26)23-6-10-27(11-7-23)35-28(12-16-32-35)20-30(37)14-18-33(19-15-30)29(36)24-2-3-24/h4-11,16,24-25,28,31,37H,2-3,12-15,17-21H2,1H3. The normalized spacial score (nSPS) is 25.2. The number of hydrogen-bond donors (Lipinski definition) is 2. The van der Waals surface area contributed by atoms with E-state index in [0.717, 1.165) is 38.0 Å². The first-order valence-electron chi connectivity index (χ1n) is 14.0. The molecule has 0 radical (unpaired) electrons. The van der Waals surface area contributed by atoms with Crippen molar-refractivity contribution < 1.29 is 9.90 Å². The van der Waals surface area contributed by atoms with Crippen LogP contribution in [0.25, 0.3) is 11.1 Å². The van der Waals surface area contributed by atoms with Gasteiger partial charge in [0.2, 0.25) is 5.91 Å². The average molecular weight is 502 g/mol. The Morgan fingerprint density at radius 3 is 2.22 bits per heavy atom. The van der Waals surface area contributed by atoms with Gasteiger partial charge < -0.3 is 20.2 Å². The Labute approximate surface area is 220 Å². The van der Waals surface area contributed by atoms with Gasteiger partial charge in [0.05, 0.1) is 17.3 Å². The zero-order chi connectivity index (χ0) is 25.4. The van der Waals surface area contributed by atoms with Crippen LogP contribution in [0.3, 0.4) is 0 Å². The van der Waals surface area contributed by atoms with E-state index < -0.39 is 5.60 Å². The highest BCUT2D eigenvalue weighted by atomic mass is 16.3. The highest BCUT2D eigenvalue weighted by Gasteiger charge is 2.41. The monoisotopic (exact) mass is 501 g/mol. The van der Waals surface area contributed by atoms with Gasteiger partial charge in [-0.3, -0.25) is 9.80 Å². The number of benzene rings is 2. The van der Waals surface area contributed by atoms with Crippen molar-refractivity contribution in [3.05, 3.63) is 48.5 Å². The van der Waals surface area contributed by atoms with E-state index in [2.05, 4.69) is 68.9 Å². The molecule has 0 spiro atoms. The van der Waals surface area contributed by atoms with E-state index in [4.69, 9.17) is 0 Å². The zero-order valence-corrected chi connectivity index (χ0v) is 21.9. The predicted octanol–water partition coefficient (Wildman–Crippen LogP) is 3.87. The van der Waals surface area contributed by atoms with Crippen LogP contribution in [0.5, 0.6) is 0 Å². The molecule has 196 valence electrons. The van der Waals surface area contributed by atoms with E-state index in [9.17, 15) is 9.90 Å². The highest BCUT2D eigenvalue weighted by molar-refractivity contribution is 5.81. The van der Waals surface area contributed by atoms with Crippen LogP contribution in [0.2, 0.25) is 0 Å². The lowest BCUT2D eigenvalue weighted by Gasteiger charge is -2.40. The number of aliphatic hydroxyl groups is 1. The second-order valence-corrected chi connectivity index (χ2v) is 11.4. The van der Waals surface area contributed by atoms with Crippen molar-refractivity contribution in [1.82, 2.24) is 10.2 Å². The third kappa shape index (κ3) is 5.25. The van der Waals surface area contributed by atoms with Gasteiger partial charge in [-0.25, -0.2) is 0 Å². The molecule has 2 unspecified atom stereocenters. The molecule has 7 heteroatoms. The second kappa shape index (κ2) is 10.1. The molecule has 3 heterocycles. The van der Waals surface area contributed by atoms with Gasteiger partial charge in [0.1, 0.15) is 0 Å². The number of anilines is 2. The molecule has 4 aliphatic rings. The molecule has 2 aromatic rings. The van der Waals surface area contributed by atoms with Crippen molar-refractivity contribution in [2.45, 2.75) is 62.6 Å². The van der Waals surface area contributed by atoms with Crippen LogP contribution >= 0.6 is 0 Å². The largest absolute Gasteiger partial charge is 0.390 e. The molecule has 3 aliphatic heterocycles. The first-order chi connectivity index (χ1) is 18.0. The van der Waals surface area contributed by atoms with Crippen molar-refractivity contribution in [1.29, 1.82) is 0 Å². The highest BCUT2D eigenvalue weighted by Crippen LogP contribution is 2.37. The van der Waals surface area contributed by atoms with Crippen molar-refractivity contribution >= 4 is 23.5 Å². The molecule has 2 atom stereocenters. The first-order valence-corrected chi connectivity index (χ1v) is 14.0. The van der Waals surface area contributed by atoms with Gasteiger partial charge in [0, 0.05) is 56.5 Å². The minimum Gasteiger partial charge on any atom is -0.390 e. The van der Waals surface area contributed by atoms with Crippen LogP contribution in [0.15, 0.2) is 53.6 Å². The Hall–Kier alpha value is -2.90. The Kier molecular flexibility index (Phi) is 6.67. The van der Waals surface area contributed by atoms with Gasteiger partial charge in [-0.2, -0.15) is 5.10 Å². The van der Waals surface area contributed by atoms with E-state index in [1.807, 2.05) is 18.2 Å². The molecule has 2 N–H and O–H groups in total. The number of hydrazone groups is 1. The Balaban J connectivity index is 1.07. The quantitative estimate of drug-likeness (QED) is 0.603. The molecule has 0 aromatic heterocycles. The predicted molar refractivity (Wildman–Crippen MR) is 149 cm³/mol. The SMILES string of the molecule is CNC1CCN(c2ccc(-c3ccc(N4N=CCC4CC4(O)CCN(C(=O)C5CC5)CC4)cc3)cc2)C1. The minimum absolute atomic E-state index is 0.141. The lowest BCUT2D eigenvalue weighted by molar-refractivity contribution is -0.137. The van der Waals surface area contributed by atoms with Crippen molar-refractivity contribution in [3.8, 4) is 11.1 Å². The Morgan fingerprint density at radius 2 is 1.62 bits per heavy atom. The summed E-state index contributed by atoms with van der Waals surface area (Å²) in [4.78, 5) is 16.8. The molecule has 1 amide bonds. The summed E-state index contributed by atoms with van der Waals surface area (Å²) in [5, 5.41) is 21.4. The van der Waals surface area contributed by atoms with E-state index in [-0.39, 0.29) is 12.0 Å². The molecule has 2 saturated heterocycles. The van der Waals surface area contributed by atoms with Crippen molar-refractivity contribution in [2.75, 3.05) is 43.1 Å². The maximum atomic E-state index is 12.4. The second-order valence-electron chi connectivity index (χ2n) is 11.4. The molecule has 3 fully saturated rings. The number of nitrogens with zero attached hydrogens (tertiary/aromatic N) is 4. The van der Waals surface area contributed by atoms with Crippen LogP contribution in [-0.4, -0.2) is 73.0 Å². The van der Waals surface area contributed by atoms with E-state index >= 15 is 0 Å². The maximum absolute atomic E-state index is 12.4. The lowest BCUT2D eigenvalue weighted by atomic mass is 9.84. The summed E-state index contributed by atoms with van der Waals surface area (Å²) in [5.41, 5.74) is 4.01. The molecule has 1 saturated carbocycles. The van der Waals surface area contributed by atoms with Crippen LogP contribution < -0.4 is 15.2 Å². The van der Waals surface area contributed by atoms with E-state index in [0.29, 0.717) is 44.3 Å². The first kappa shape index (κ1) is 24.4. The summed E-state index contributed by atoms with van der Waals surface area (Å²) in [7, 11) is 2.04. The molecule has 1 aliphatic carbocycles. The number of carbonyl (C=O) groups is 1. The molecule has 0 bridgehead atoms. The van der Waals surface area contributed by atoms with Gasteiger partial charge >= 0.3 is 0 Å². The van der Waals surface area contributed by atoms with Crippen molar-refractivity contribution in [3.63, 3.8) is 0 Å². The van der Waals surface area contributed by atoms with Crippen LogP contribution in [0, 0.1) is 5.92 Å². The topological polar surface area (TPSA) is 71.4 Å². The number of carbonyl (C=O) groups excluding carboxylic acids is 1. The number of nitrogens with one attached hydrogen (secondary N) is 1. The summed E-state index contributed by atoms with van der Waals surface area (Å²) < 4.78 is 0. The maximum Gasteiger partial charge on any atom is 0.225 e. The Bertz CT molecular complexity index is 1120. The Morgan fingerprint density at radius 1 is 0.973 bits per heavy atom. The summed E-state index contributed by atoms with van der Waals surface area (Å²) in [6.45, 7) is 3.50. The van der Waals surface area contributed by atoms with Gasteiger partial charge in [-0.15, -0.1) is 0 Å². The van der Waals surface area contributed by atoms with E-state index in [1.54, 1.807) is 0 Å². The molecular weight excluding hydrogens is 462 g/mol. The summed E-state index contributed by atoms with van der Waals surface area (Å²) in [6.07, 6.45) is 8.03. The summed E-state index contributed by atoms with van der Waals surface area (Å²) in [6, 6.07) is 18.2. The van der Waals surface area contributed by atoms with Crippen LogP contribution in [0.4, 0.5) is 11.4 Å². The van der Waals surface area contributed by atoms with Gasteiger partial charge in [-0.1, -0.05) is 24.3 Å². The lowest BCUT2D eigenvalue weighted by Crippen LogP contribution is -2.49. The van der Waals surface area contributed by atoms with Crippen molar-refractivity contribution in [2.24, 2.45) is 11.0 Å². The molecule has 37 heavy (non-hydrogen) atoms. The molecular formula is C30H39N5O2. The number of piperidine rings is 1. The average Bonchev–Trinajstić information content (AvgIpc) is 3.50. The fourth-order valence-electron chi connectivity index (χ4n) is 6.17. The smallest absolute Gasteiger partial charge is 0.225 e. The third-order valence-electron chi connectivity index (χ3n) is 8.77. The number of likely N-dealkylation sites (N-methyl/N-ethyl adjacent to an activating group) is 1. The molecule has 7 nitrogen and oxygen atoms in total. The fraction of sp³-hybridized carbons (Fsp3) is 0.533. The third-order valence-corrected chi connectivity index (χ3v) is 8.77. The van der Waals surface area contributed by atoms with Gasteiger partial charge in [-0.05, 0) is 81.0 Å². The molecule has 6 rings (SSSR count). The zero-order valence-electron chi connectivity index (χ0n) is 21.9. The van der Waals surface area contributed by atoms with Crippen LogP contribution in [0.1, 0.15) is 44.9 Å². The van der Waals surface area contributed by atoms with Gasteiger partial charge in [0.25, 0.3) is 0 Å². The number of hydrogen-bond acceptors (Lipinski definition) is 6. The summed E-state index contributed by atoms with van der Waals surface area (Å²) in [5.74, 6) is 0.545. The summed E-state index contributed by atoms with van der Waals surface area (Å²) >= 11 is 0. The number of amides is 1. The number of likely N-dealkylation sites (tertiary alicyclic amines) is 1. The number of rotatable bonds is 7. The van der Waals surface area contributed by atoms with Gasteiger partial charge in [0.15, 0.2) is 0 Å². The fourth-order valence-corrected chi connectivity index (χ4v) is 6.17. The van der Waals surface area contributed by atoms with E-state index in [1.165, 1.54) is 23.2 Å².